The number of ether oxygens (including phenoxy) is 1. The molecule has 1 aromatic rings. The Kier molecular flexibility index (Phi) is 5.64. The lowest BCUT2D eigenvalue weighted by Crippen LogP contribution is -2.37. The van der Waals surface area contributed by atoms with Gasteiger partial charge in [0.05, 0.1) is 24.8 Å². The molecule has 5 heteroatoms. The number of thioether (sulfide) groups is 1. The van der Waals surface area contributed by atoms with Gasteiger partial charge in [0.1, 0.15) is 5.82 Å². The number of nitrogens with zero attached hydrogens (tertiary/aromatic N) is 2. The molecule has 0 aliphatic carbocycles. The van der Waals surface area contributed by atoms with Crippen LogP contribution in [0.1, 0.15) is 11.1 Å². The molecule has 1 fully saturated rings. The molecule has 0 unspecified atom stereocenters. The molecule has 0 radical (unpaired) electrons. The third-order valence-corrected chi connectivity index (χ3v) is 4.07. The van der Waals surface area contributed by atoms with Crippen LogP contribution in [0.2, 0.25) is 0 Å². The Morgan fingerprint density at radius 1 is 1.37 bits per heavy atom. The van der Waals surface area contributed by atoms with Crippen LogP contribution in [0, 0.1) is 17.1 Å². The van der Waals surface area contributed by atoms with Crippen molar-refractivity contribution in [1.82, 2.24) is 4.90 Å². The summed E-state index contributed by atoms with van der Waals surface area (Å²) in [6.07, 6.45) is 0. The van der Waals surface area contributed by atoms with Gasteiger partial charge in [0, 0.05) is 31.1 Å². The Hall–Kier alpha value is -1.09. The van der Waals surface area contributed by atoms with E-state index in [1.54, 1.807) is 17.8 Å². The van der Waals surface area contributed by atoms with Gasteiger partial charge in [-0.3, -0.25) is 4.90 Å². The fourth-order valence-electron chi connectivity index (χ4n) is 1.96. The molecule has 1 aliphatic rings. The van der Waals surface area contributed by atoms with Crippen LogP contribution in [0.25, 0.3) is 0 Å². The van der Waals surface area contributed by atoms with Crippen molar-refractivity contribution >= 4 is 11.8 Å². The highest BCUT2D eigenvalue weighted by molar-refractivity contribution is 7.98. The summed E-state index contributed by atoms with van der Waals surface area (Å²) in [5.41, 5.74) is 1.14. The van der Waals surface area contributed by atoms with Crippen molar-refractivity contribution in [2.75, 3.05) is 38.6 Å². The van der Waals surface area contributed by atoms with E-state index in [9.17, 15) is 4.39 Å². The van der Waals surface area contributed by atoms with Gasteiger partial charge >= 0.3 is 0 Å². The van der Waals surface area contributed by atoms with Crippen molar-refractivity contribution in [3.05, 3.63) is 35.1 Å². The van der Waals surface area contributed by atoms with E-state index in [1.165, 1.54) is 12.1 Å². The second-order valence-electron chi connectivity index (χ2n) is 4.42. The number of hydrogen-bond acceptors (Lipinski definition) is 4. The molecule has 0 spiro atoms. The van der Waals surface area contributed by atoms with Gasteiger partial charge in [-0.1, -0.05) is 0 Å². The monoisotopic (exact) mass is 280 g/mol. The summed E-state index contributed by atoms with van der Waals surface area (Å²) in [5.74, 6) is 1.36. The van der Waals surface area contributed by atoms with Gasteiger partial charge in [0.15, 0.2) is 0 Å². The Morgan fingerprint density at radius 3 is 2.89 bits per heavy atom. The second kappa shape index (κ2) is 7.49. The van der Waals surface area contributed by atoms with Crippen molar-refractivity contribution in [3.63, 3.8) is 0 Å². The SMILES string of the molecule is N#Cc1ccc(F)c(CSCCN2CCOCC2)c1. The Bertz CT molecular complexity index is 455. The van der Waals surface area contributed by atoms with E-state index in [2.05, 4.69) is 4.90 Å². The van der Waals surface area contributed by atoms with Crippen LogP contribution in [0.3, 0.4) is 0 Å². The van der Waals surface area contributed by atoms with E-state index in [4.69, 9.17) is 10.00 Å². The van der Waals surface area contributed by atoms with Gasteiger partial charge in [0.2, 0.25) is 0 Å². The third-order valence-electron chi connectivity index (χ3n) is 3.09. The summed E-state index contributed by atoms with van der Waals surface area (Å²) in [5, 5.41) is 8.80. The number of rotatable bonds is 5. The molecular formula is C14H17FN2OS. The number of benzene rings is 1. The van der Waals surface area contributed by atoms with E-state index in [0.717, 1.165) is 38.6 Å². The second-order valence-corrected chi connectivity index (χ2v) is 5.53. The molecule has 0 aromatic heterocycles. The van der Waals surface area contributed by atoms with E-state index in [1.807, 2.05) is 6.07 Å². The summed E-state index contributed by atoms with van der Waals surface area (Å²) in [4.78, 5) is 2.36. The maximum absolute atomic E-state index is 13.5. The van der Waals surface area contributed by atoms with Crippen molar-refractivity contribution in [3.8, 4) is 6.07 Å². The average Bonchev–Trinajstić information content (AvgIpc) is 2.46. The van der Waals surface area contributed by atoms with Crippen molar-refractivity contribution < 1.29 is 9.13 Å². The largest absolute Gasteiger partial charge is 0.379 e. The van der Waals surface area contributed by atoms with E-state index < -0.39 is 0 Å². The summed E-state index contributed by atoms with van der Waals surface area (Å²) in [6, 6.07) is 6.56. The highest BCUT2D eigenvalue weighted by Gasteiger charge is 2.10. The lowest BCUT2D eigenvalue weighted by molar-refractivity contribution is 0.0410. The molecule has 0 N–H and O–H groups in total. The zero-order valence-corrected chi connectivity index (χ0v) is 11.6. The smallest absolute Gasteiger partial charge is 0.127 e. The normalized spacial score (nSPS) is 16.2. The lowest BCUT2D eigenvalue weighted by Gasteiger charge is -2.26. The highest BCUT2D eigenvalue weighted by Crippen LogP contribution is 2.17. The van der Waals surface area contributed by atoms with Crippen molar-refractivity contribution in [2.24, 2.45) is 0 Å². The molecule has 1 aromatic carbocycles. The molecule has 0 bridgehead atoms. The minimum absolute atomic E-state index is 0.224. The van der Waals surface area contributed by atoms with Gasteiger partial charge in [-0.25, -0.2) is 4.39 Å². The molecule has 0 atom stereocenters. The molecule has 0 saturated carbocycles. The number of nitriles is 1. The van der Waals surface area contributed by atoms with Crippen LogP contribution in [-0.2, 0) is 10.5 Å². The third kappa shape index (κ3) is 4.50. The molecule has 102 valence electrons. The number of morpholine rings is 1. The Morgan fingerprint density at radius 2 is 2.16 bits per heavy atom. The van der Waals surface area contributed by atoms with Crippen molar-refractivity contribution in [2.45, 2.75) is 5.75 Å². The molecule has 19 heavy (non-hydrogen) atoms. The fraction of sp³-hybridized carbons (Fsp3) is 0.500. The van der Waals surface area contributed by atoms with E-state index in [-0.39, 0.29) is 5.82 Å². The first-order valence-corrected chi connectivity index (χ1v) is 7.51. The average molecular weight is 280 g/mol. The quantitative estimate of drug-likeness (QED) is 0.775. The topological polar surface area (TPSA) is 36.3 Å². The first-order chi connectivity index (χ1) is 9.29. The predicted octanol–water partition coefficient (Wildman–Crippen LogP) is 2.26. The van der Waals surface area contributed by atoms with Crippen LogP contribution >= 0.6 is 11.8 Å². The first-order valence-electron chi connectivity index (χ1n) is 6.36. The highest BCUT2D eigenvalue weighted by atomic mass is 32.2. The van der Waals surface area contributed by atoms with Crippen LogP contribution < -0.4 is 0 Å². The van der Waals surface area contributed by atoms with Crippen LogP contribution in [0.15, 0.2) is 18.2 Å². The Labute approximate surface area is 117 Å². The number of halogens is 1. The molecule has 0 amide bonds. The standard InChI is InChI=1S/C14H17FN2OS/c15-14-2-1-12(10-16)9-13(14)11-19-8-5-17-3-6-18-7-4-17/h1-2,9H,3-8,11H2. The zero-order valence-electron chi connectivity index (χ0n) is 10.8. The molecule has 1 saturated heterocycles. The molecule has 3 nitrogen and oxygen atoms in total. The lowest BCUT2D eigenvalue weighted by atomic mass is 10.1. The van der Waals surface area contributed by atoms with Gasteiger partial charge in [0.25, 0.3) is 0 Å². The van der Waals surface area contributed by atoms with Gasteiger partial charge in [-0.05, 0) is 23.8 Å². The van der Waals surface area contributed by atoms with Crippen molar-refractivity contribution in [1.29, 1.82) is 5.26 Å². The number of hydrogen-bond donors (Lipinski definition) is 0. The molecule has 1 heterocycles. The molecular weight excluding hydrogens is 263 g/mol. The summed E-state index contributed by atoms with van der Waals surface area (Å²) < 4.78 is 18.8. The summed E-state index contributed by atoms with van der Waals surface area (Å²) in [7, 11) is 0. The minimum Gasteiger partial charge on any atom is -0.379 e. The maximum Gasteiger partial charge on any atom is 0.127 e. The summed E-state index contributed by atoms with van der Waals surface area (Å²) in [6.45, 7) is 4.60. The first kappa shape index (κ1) is 14.3. The maximum atomic E-state index is 13.5. The molecule has 1 aliphatic heterocycles. The van der Waals surface area contributed by atoms with Crippen LogP contribution in [0.5, 0.6) is 0 Å². The van der Waals surface area contributed by atoms with E-state index >= 15 is 0 Å². The minimum atomic E-state index is -0.224. The molecule has 2 rings (SSSR count). The van der Waals surface area contributed by atoms with Crippen LogP contribution in [0.4, 0.5) is 4.39 Å². The van der Waals surface area contributed by atoms with Gasteiger partial charge in [-0.15, -0.1) is 0 Å². The van der Waals surface area contributed by atoms with Gasteiger partial charge < -0.3 is 4.74 Å². The van der Waals surface area contributed by atoms with Gasteiger partial charge in [-0.2, -0.15) is 17.0 Å². The fourth-order valence-corrected chi connectivity index (χ4v) is 2.93. The zero-order chi connectivity index (χ0) is 13.5. The summed E-state index contributed by atoms with van der Waals surface area (Å²) >= 11 is 1.70. The predicted molar refractivity (Wildman–Crippen MR) is 74.5 cm³/mol. The van der Waals surface area contributed by atoms with Crippen LogP contribution in [-0.4, -0.2) is 43.5 Å². The van der Waals surface area contributed by atoms with E-state index in [0.29, 0.717) is 16.9 Å². The Balaban J connectivity index is 1.74.